The van der Waals surface area contributed by atoms with E-state index >= 15 is 0 Å². The summed E-state index contributed by atoms with van der Waals surface area (Å²) in [4.78, 5) is 37.4. The summed E-state index contributed by atoms with van der Waals surface area (Å²) in [6, 6.07) is 31.3. The molecule has 0 saturated heterocycles. The van der Waals surface area contributed by atoms with E-state index in [4.69, 9.17) is 4.98 Å². The predicted molar refractivity (Wildman–Crippen MR) is 150 cm³/mol. The van der Waals surface area contributed by atoms with Crippen LogP contribution < -0.4 is 15.8 Å². The summed E-state index contributed by atoms with van der Waals surface area (Å²) in [6.07, 6.45) is 1.41. The molecule has 9 heteroatoms. The van der Waals surface area contributed by atoms with Crippen LogP contribution in [0.25, 0.3) is 28.4 Å². The van der Waals surface area contributed by atoms with Gasteiger partial charge in [0.15, 0.2) is 11.7 Å². The number of carbonyl (C=O) groups is 1. The van der Waals surface area contributed by atoms with E-state index in [1.807, 2.05) is 36.4 Å². The fourth-order valence-electron chi connectivity index (χ4n) is 4.48. The van der Waals surface area contributed by atoms with Gasteiger partial charge >= 0.3 is 0 Å². The minimum absolute atomic E-state index is 0.0257. The maximum absolute atomic E-state index is 14.0. The van der Waals surface area contributed by atoms with E-state index in [1.54, 1.807) is 66.7 Å². The molecule has 6 rings (SSSR count). The second-order valence-corrected chi connectivity index (χ2v) is 8.72. The monoisotopic (exact) mass is 514 g/mol. The van der Waals surface area contributed by atoms with Crippen molar-refractivity contribution in [1.82, 2.24) is 9.66 Å². The zero-order valence-corrected chi connectivity index (χ0v) is 20.4. The maximum Gasteiger partial charge on any atom is 0.297 e. The van der Waals surface area contributed by atoms with Gasteiger partial charge in [-0.2, -0.15) is 9.69 Å². The van der Waals surface area contributed by atoms with E-state index in [9.17, 15) is 20.0 Å². The van der Waals surface area contributed by atoms with Crippen LogP contribution in [0.15, 0.2) is 125 Å². The molecule has 2 heterocycles. The first-order chi connectivity index (χ1) is 19.0. The van der Waals surface area contributed by atoms with E-state index in [1.165, 1.54) is 21.8 Å². The Kier molecular flexibility index (Phi) is 6.04. The Morgan fingerprint density at radius 3 is 2.10 bits per heavy atom. The highest BCUT2D eigenvalue weighted by Gasteiger charge is 2.36. The average Bonchev–Trinajstić information content (AvgIpc) is 3.29. The molecule has 1 N–H and O–H groups in total. The topological polar surface area (TPSA) is 114 Å². The zero-order valence-electron chi connectivity index (χ0n) is 20.4. The maximum atomic E-state index is 14.0. The number of hydrogen-bond acceptors (Lipinski definition) is 7. The average molecular weight is 515 g/mol. The van der Waals surface area contributed by atoms with Gasteiger partial charge in [0, 0.05) is 16.7 Å². The largest absolute Gasteiger partial charge is 0.733 e. The van der Waals surface area contributed by atoms with Gasteiger partial charge in [-0.1, -0.05) is 91.0 Å². The number of anilines is 1. The van der Waals surface area contributed by atoms with Gasteiger partial charge in [0.1, 0.15) is 5.70 Å². The summed E-state index contributed by atoms with van der Waals surface area (Å²) >= 11 is 0. The molecule has 0 unspecified atom stereocenters. The Morgan fingerprint density at radius 2 is 1.38 bits per heavy atom. The molecular formula is C30H20N5O4-. The summed E-state index contributed by atoms with van der Waals surface area (Å²) in [6.45, 7) is 0. The molecule has 1 aliphatic heterocycles. The Morgan fingerprint density at radius 1 is 0.769 bits per heavy atom. The van der Waals surface area contributed by atoms with Crippen molar-refractivity contribution < 1.29 is 10.0 Å². The molecule has 5 aromatic rings. The molecule has 39 heavy (non-hydrogen) atoms. The second-order valence-electron chi connectivity index (χ2n) is 8.72. The van der Waals surface area contributed by atoms with Gasteiger partial charge < -0.3 is 10.4 Å². The van der Waals surface area contributed by atoms with Crippen molar-refractivity contribution in [3.8, 4) is 11.4 Å². The van der Waals surface area contributed by atoms with Crippen LogP contribution in [0.5, 0.6) is 0 Å². The number of carbonyl (C=O) groups excluding carboxylic acids is 1. The first-order valence-corrected chi connectivity index (χ1v) is 12.1. The summed E-state index contributed by atoms with van der Waals surface area (Å²) in [5.74, 6) is -0.127. The normalized spacial score (nSPS) is 14.2. The quantitative estimate of drug-likeness (QED) is 0.268. The minimum Gasteiger partial charge on any atom is -0.733 e. The van der Waals surface area contributed by atoms with Crippen LogP contribution in [0.3, 0.4) is 0 Å². The lowest BCUT2D eigenvalue weighted by Gasteiger charge is -2.24. The van der Waals surface area contributed by atoms with Crippen molar-refractivity contribution in [1.29, 1.82) is 0 Å². The van der Waals surface area contributed by atoms with Gasteiger partial charge in [-0.3, -0.25) is 14.8 Å². The number of nitrogens with zero attached hydrogens (tertiary/aromatic N) is 5. The van der Waals surface area contributed by atoms with Crippen LogP contribution in [0.1, 0.15) is 11.1 Å². The fraction of sp³-hybridized carbons (Fsp3) is 0. The highest BCUT2D eigenvalue weighted by molar-refractivity contribution is 6.29. The lowest BCUT2D eigenvalue weighted by atomic mass is 10.1. The second kappa shape index (κ2) is 9.82. The SMILES string of the molecule is O=C1/C(=C/c2ccccc2N([O-])O)N=C(c2ccccc2)N1n1c(-c2ccccc2)nc2ccccc2c1=O. The molecule has 0 fully saturated rings. The third-order valence-electron chi connectivity index (χ3n) is 6.29. The fourth-order valence-corrected chi connectivity index (χ4v) is 4.48. The van der Waals surface area contributed by atoms with E-state index < -0.39 is 11.5 Å². The molecule has 190 valence electrons. The molecule has 0 radical (unpaired) electrons. The van der Waals surface area contributed by atoms with Crippen molar-refractivity contribution in [3.63, 3.8) is 0 Å². The van der Waals surface area contributed by atoms with Crippen LogP contribution in [0, 0.1) is 5.21 Å². The lowest BCUT2D eigenvalue weighted by molar-refractivity contribution is -0.115. The first-order valence-electron chi connectivity index (χ1n) is 12.1. The van der Waals surface area contributed by atoms with Crippen molar-refractivity contribution >= 4 is 34.4 Å². The highest BCUT2D eigenvalue weighted by atomic mass is 16.8. The van der Waals surface area contributed by atoms with Crippen molar-refractivity contribution in [3.05, 3.63) is 142 Å². The zero-order chi connectivity index (χ0) is 26.9. The number of aromatic nitrogens is 2. The molecule has 0 aliphatic carbocycles. The molecule has 0 atom stereocenters. The summed E-state index contributed by atoms with van der Waals surface area (Å²) in [5, 5.41) is 22.6. The standard InChI is InChI=1S/C30H20N5O4/c36-29-23-16-8-9-17-24(23)31-27(20-11-3-1-4-12-20)33(29)34-28(21-13-5-2-6-14-21)32-25(30(34)37)19-22-15-7-10-18-26(22)35(38)39/h1-19,38H/q-1/b25-19-. The van der Waals surface area contributed by atoms with Gasteiger partial charge in [-0.25, -0.2) is 9.98 Å². The molecule has 1 aromatic heterocycles. The molecule has 0 spiro atoms. The number of rotatable bonds is 5. The van der Waals surface area contributed by atoms with Gasteiger partial charge in [0.05, 0.1) is 16.6 Å². The Labute approximate surface area is 222 Å². The lowest BCUT2D eigenvalue weighted by Crippen LogP contribution is -2.49. The molecule has 4 aromatic carbocycles. The third-order valence-corrected chi connectivity index (χ3v) is 6.29. The summed E-state index contributed by atoms with van der Waals surface area (Å²) in [7, 11) is 0. The summed E-state index contributed by atoms with van der Waals surface area (Å²) < 4.78 is 1.24. The molecular weight excluding hydrogens is 494 g/mol. The number of benzene rings is 4. The third kappa shape index (κ3) is 4.27. The molecule has 0 saturated carbocycles. The van der Waals surface area contributed by atoms with Crippen molar-refractivity contribution in [2.45, 2.75) is 0 Å². The smallest absolute Gasteiger partial charge is 0.297 e. The molecule has 9 nitrogen and oxygen atoms in total. The number of hydrogen-bond donors (Lipinski definition) is 1. The van der Waals surface area contributed by atoms with Gasteiger partial charge in [0.25, 0.3) is 11.5 Å². The van der Waals surface area contributed by atoms with Crippen LogP contribution in [0.4, 0.5) is 5.69 Å². The number of amides is 1. The van der Waals surface area contributed by atoms with Crippen LogP contribution >= 0.6 is 0 Å². The molecule has 0 bridgehead atoms. The molecule has 1 aliphatic rings. The number of fused-ring (bicyclic) bond motifs is 1. The van der Waals surface area contributed by atoms with Crippen molar-refractivity contribution in [2.75, 3.05) is 10.2 Å². The predicted octanol–water partition coefficient (Wildman–Crippen LogP) is 4.72. The van der Waals surface area contributed by atoms with E-state index in [0.717, 1.165) is 0 Å². The Hall–Kier alpha value is -5.38. The van der Waals surface area contributed by atoms with E-state index in [2.05, 4.69) is 4.99 Å². The Bertz CT molecular complexity index is 1830. The molecule has 1 amide bonds. The van der Waals surface area contributed by atoms with Crippen LogP contribution in [-0.4, -0.2) is 26.6 Å². The highest BCUT2D eigenvalue weighted by Crippen LogP contribution is 2.28. The van der Waals surface area contributed by atoms with Crippen molar-refractivity contribution in [2.24, 2.45) is 4.99 Å². The van der Waals surface area contributed by atoms with Gasteiger partial charge in [0.2, 0.25) is 0 Å². The number of para-hydroxylation sites is 2. The minimum atomic E-state index is -0.601. The van der Waals surface area contributed by atoms with Gasteiger partial charge in [-0.05, 0) is 24.3 Å². The number of amidine groups is 1. The van der Waals surface area contributed by atoms with Gasteiger partial charge in [-0.15, -0.1) is 0 Å². The summed E-state index contributed by atoms with van der Waals surface area (Å²) in [5.41, 5.74) is 1.47. The first kappa shape index (κ1) is 24.0. The van der Waals surface area contributed by atoms with E-state index in [-0.39, 0.29) is 33.8 Å². The van der Waals surface area contributed by atoms with Crippen LogP contribution in [-0.2, 0) is 4.79 Å². The van der Waals surface area contributed by atoms with Crippen LogP contribution in [0.2, 0.25) is 0 Å². The Balaban J connectivity index is 1.63. The van der Waals surface area contributed by atoms with E-state index in [0.29, 0.717) is 22.0 Å². The number of aliphatic imine (C=N–C) groups is 1.